The topological polar surface area (TPSA) is 327 Å². The number of fused-ring (bicyclic) bond motifs is 1. The number of urea groups is 1. The highest BCUT2D eigenvalue weighted by Crippen LogP contribution is 2.34. The molecule has 32 heteroatoms. The molecule has 0 saturated heterocycles. The zero-order valence-corrected chi connectivity index (χ0v) is 48.0. The number of benzene rings is 3. The maximum absolute atomic E-state index is 13.9. The number of rotatable bonds is 32. The van der Waals surface area contributed by atoms with E-state index in [0.29, 0.717) is 16.9 Å². The van der Waals surface area contributed by atoms with Crippen LogP contribution < -0.4 is 41.4 Å². The van der Waals surface area contributed by atoms with Crippen molar-refractivity contribution in [3.05, 3.63) is 115 Å². The molecule has 23 nitrogen and oxygen atoms in total. The molecule has 87 heavy (non-hydrogen) atoms. The molecule has 5 aromatic rings. The minimum Gasteiger partial charge on any atom is -0.420 e. The number of amides is 4. The predicted octanol–water partition coefficient (Wildman–Crippen LogP) is 4.78. The van der Waals surface area contributed by atoms with Crippen LogP contribution in [0.5, 0.6) is 5.75 Å². The first-order valence-electron chi connectivity index (χ1n) is 26.7. The summed E-state index contributed by atoms with van der Waals surface area (Å²) in [5.41, 5.74) is 5.99. The first-order chi connectivity index (χ1) is 40.6. The Morgan fingerprint density at radius 2 is 1.46 bits per heavy atom. The van der Waals surface area contributed by atoms with E-state index in [-0.39, 0.29) is 109 Å². The van der Waals surface area contributed by atoms with Gasteiger partial charge in [-0.15, -0.1) is 0 Å². The number of Topliss-reactive ketones (excluding diaryl/α,β-unsaturated/α-hetero) is 1. The van der Waals surface area contributed by atoms with Crippen LogP contribution >= 0.6 is 0 Å². The number of nitrogens with zero attached hydrogens (tertiary/aromatic N) is 3. The van der Waals surface area contributed by atoms with Crippen molar-refractivity contribution in [2.45, 2.75) is 89.4 Å². The van der Waals surface area contributed by atoms with Crippen molar-refractivity contribution in [3.63, 3.8) is 0 Å². The van der Waals surface area contributed by atoms with Crippen LogP contribution in [-0.4, -0.2) is 135 Å². The molecular formula is C55H67F8N9O14S. The first-order valence-corrected chi connectivity index (χ1v) is 28.2. The van der Waals surface area contributed by atoms with Crippen LogP contribution in [0.2, 0.25) is 0 Å². The summed E-state index contributed by atoms with van der Waals surface area (Å²) in [5.74, 6) is -18.1. The number of alkyl halides is 3. The lowest BCUT2D eigenvalue weighted by Gasteiger charge is -2.24. The number of nitrogens with two attached hydrogens (primary N) is 2. The smallest absolute Gasteiger partial charge is 0.416 e. The third-order valence-electron chi connectivity index (χ3n) is 13.5. The molecule has 0 spiro atoms. The van der Waals surface area contributed by atoms with E-state index in [9.17, 15) is 77.7 Å². The molecule has 1 aliphatic carbocycles. The highest BCUT2D eigenvalue weighted by Gasteiger charge is 2.43. The Labute approximate surface area is 494 Å². The van der Waals surface area contributed by atoms with Gasteiger partial charge in [0.1, 0.15) is 18.3 Å². The highest BCUT2D eigenvalue weighted by molar-refractivity contribution is 7.84. The number of hydrogen-bond donors (Lipinski definition) is 8. The van der Waals surface area contributed by atoms with Gasteiger partial charge in [0.25, 0.3) is 0 Å². The summed E-state index contributed by atoms with van der Waals surface area (Å²) < 4.78 is 160. The highest BCUT2D eigenvalue weighted by atomic mass is 32.2. The Bertz CT molecular complexity index is 3280. The molecule has 0 unspecified atom stereocenters. The van der Waals surface area contributed by atoms with E-state index in [2.05, 4.69) is 35.3 Å². The van der Waals surface area contributed by atoms with Gasteiger partial charge < -0.3 is 63.6 Å². The molecule has 10 N–H and O–H groups in total. The van der Waals surface area contributed by atoms with E-state index in [1.54, 1.807) is 61.0 Å². The van der Waals surface area contributed by atoms with Crippen molar-refractivity contribution in [3.8, 4) is 17.0 Å². The zero-order chi connectivity index (χ0) is 63.0. The van der Waals surface area contributed by atoms with Gasteiger partial charge in [0.05, 0.1) is 88.7 Å². The van der Waals surface area contributed by atoms with Crippen molar-refractivity contribution in [1.29, 1.82) is 0 Å². The Morgan fingerprint density at radius 3 is 2.07 bits per heavy atom. The van der Waals surface area contributed by atoms with Crippen LogP contribution in [0.3, 0.4) is 0 Å². The Hall–Kier alpha value is -7.46. The average molecular weight is 1260 g/mol. The number of primary amides is 1. The molecule has 0 radical (unpaired) electrons. The number of hydrogen-bond acceptors (Lipinski definition) is 16. The second-order valence-corrected chi connectivity index (χ2v) is 21.4. The third kappa shape index (κ3) is 20.3. The molecular weight excluding hydrogens is 1190 g/mol. The Morgan fingerprint density at radius 1 is 0.839 bits per heavy atom. The quantitative estimate of drug-likeness (QED) is 0.00420. The van der Waals surface area contributed by atoms with Crippen LogP contribution in [0.4, 0.5) is 51.4 Å². The minimum atomic E-state index is -4.65. The Balaban J connectivity index is 0.0000138. The lowest BCUT2D eigenvalue weighted by Crippen LogP contribution is -2.45. The number of carbonyl (C=O) groups is 5. The largest absolute Gasteiger partial charge is 0.420 e. The SMILES string of the molecule is CC(C)[C@H](NC(=O)CCOCCOCCOCCC(=O)Oc1c(F)c(F)c(F)c(F)c1F)C(=O)C[C@@H](CCCNC(N)=O)C(=O)Nc1ccc(C[n+]2ccc(N[C@@H]3C[C@H](COS(N)(=O)=O)[C@@H](O)[C@H]3O)n3nc(-c4cccc(C(F)(F)F)c4)cc32)cc1.[CH3-]. The van der Waals surface area contributed by atoms with Crippen molar-refractivity contribution in [1.82, 2.24) is 20.2 Å². The van der Waals surface area contributed by atoms with Crippen molar-refractivity contribution in [2.24, 2.45) is 28.6 Å². The molecule has 2 aromatic heterocycles. The number of esters is 1. The van der Waals surface area contributed by atoms with Crippen LogP contribution in [0.15, 0.2) is 66.9 Å². The maximum atomic E-state index is 13.9. The van der Waals surface area contributed by atoms with Gasteiger partial charge in [-0.25, -0.2) is 27.7 Å². The number of aliphatic hydroxyl groups is 2. The fourth-order valence-corrected chi connectivity index (χ4v) is 9.43. The van der Waals surface area contributed by atoms with E-state index in [4.69, 9.17) is 25.1 Å². The van der Waals surface area contributed by atoms with Gasteiger partial charge in [0.15, 0.2) is 5.78 Å². The maximum Gasteiger partial charge on any atom is 0.416 e. The molecule has 0 aliphatic heterocycles. The van der Waals surface area contributed by atoms with E-state index in [0.717, 1.165) is 12.1 Å². The first kappa shape index (κ1) is 70.3. The number of carbonyl (C=O) groups excluding carboxylic acids is 5. The van der Waals surface area contributed by atoms with Crippen molar-refractivity contribution >= 4 is 57.1 Å². The van der Waals surface area contributed by atoms with E-state index < -0.39 is 142 Å². The lowest BCUT2D eigenvalue weighted by molar-refractivity contribution is -0.665. The zero-order valence-electron chi connectivity index (χ0n) is 47.2. The standard InChI is InChI=1S/C54H63F8N9O14S.CH3/c1-29(2)48(68-40(73)13-17-81-19-21-83-22-20-82-18-14-42(74)85-51-46(58)44(56)43(55)45(57)47(51)59)38(72)25-32(6-4-15-65-53(63)78)52(77)66-35-10-8-30(9-11-35)27-70-16-12-39(67-37-24-33(49(75)50(37)76)28-84-86(64,79)80)71-41(70)26-36(69-71)31-5-3-7-34(23-31)54(60,61)62;/h3,5,7-12,16,23,26,29,32-33,37,48-50,75-76H,4,6,13-15,17-22,24-25,27-28H2,1-2H3,(H7,63,64,65,66,68,73,77,78,79,80);1H3/q;-1/p+1/t32-,33-,37-,48+,49-,50+;/m1./s1. The third-order valence-corrected chi connectivity index (χ3v) is 14.0. The van der Waals surface area contributed by atoms with Gasteiger partial charge in [-0.2, -0.15) is 30.4 Å². The number of anilines is 2. The summed E-state index contributed by atoms with van der Waals surface area (Å²) in [6.45, 7) is 2.75. The molecule has 3 aromatic carbocycles. The summed E-state index contributed by atoms with van der Waals surface area (Å²) in [6.07, 6.45) is -6.46. The van der Waals surface area contributed by atoms with Crippen molar-refractivity contribution < 1.29 is 105 Å². The Kier molecular flexibility index (Phi) is 25.8. The fourth-order valence-electron chi connectivity index (χ4n) is 9.06. The van der Waals surface area contributed by atoms with E-state index in [1.807, 2.05) is 0 Å². The summed E-state index contributed by atoms with van der Waals surface area (Å²) in [5, 5.41) is 42.3. The molecule has 4 amide bonds. The number of nitrogens with one attached hydrogen (secondary N) is 4. The van der Waals surface area contributed by atoms with Gasteiger partial charge in [-0.3, -0.25) is 23.4 Å². The summed E-state index contributed by atoms with van der Waals surface area (Å²) >= 11 is 0. The van der Waals surface area contributed by atoms with Crippen LogP contribution in [0, 0.1) is 54.3 Å². The van der Waals surface area contributed by atoms with Crippen molar-refractivity contribution in [2.75, 3.05) is 63.4 Å². The lowest BCUT2D eigenvalue weighted by atomic mass is 9.89. The van der Waals surface area contributed by atoms with Gasteiger partial charge in [0.2, 0.25) is 52.5 Å². The average Bonchev–Trinajstić information content (AvgIpc) is 2.05. The number of ether oxygens (including phenoxy) is 4. The normalized spacial score (nSPS) is 16.7. The molecule has 1 saturated carbocycles. The van der Waals surface area contributed by atoms with Gasteiger partial charge in [-0.1, -0.05) is 47.7 Å². The molecule has 1 aliphatic rings. The molecule has 1 fully saturated rings. The van der Waals surface area contributed by atoms with E-state index >= 15 is 0 Å². The molecule has 6 rings (SSSR count). The number of ketones is 1. The van der Waals surface area contributed by atoms with Gasteiger partial charge in [-0.05, 0) is 55.0 Å². The second-order valence-electron chi connectivity index (χ2n) is 20.2. The predicted molar refractivity (Wildman–Crippen MR) is 293 cm³/mol. The molecule has 2 heterocycles. The summed E-state index contributed by atoms with van der Waals surface area (Å²) in [7, 11) is -4.35. The summed E-state index contributed by atoms with van der Waals surface area (Å²) in [4.78, 5) is 64.0. The van der Waals surface area contributed by atoms with Gasteiger partial charge >= 0.3 is 34.1 Å². The van der Waals surface area contributed by atoms with Crippen LogP contribution in [0.1, 0.15) is 63.5 Å². The second kappa shape index (κ2) is 32.0. The number of halogens is 8. The monoisotopic (exact) mass is 1260 g/mol. The van der Waals surface area contributed by atoms with Crippen LogP contribution in [0.25, 0.3) is 16.9 Å². The molecule has 6 atom stereocenters. The summed E-state index contributed by atoms with van der Waals surface area (Å²) in [6, 6.07) is 11.7. The number of aromatic nitrogens is 3. The molecule has 0 bridgehead atoms. The fraction of sp³-hybridized carbons (Fsp3) is 0.455. The van der Waals surface area contributed by atoms with Crippen LogP contribution in [-0.2, 0) is 60.6 Å². The minimum absolute atomic E-state index is 0. The number of aliphatic hydroxyl groups excluding tert-OH is 2. The molecule has 478 valence electrons. The van der Waals surface area contributed by atoms with E-state index in [1.165, 1.54) is 16.6 Å². The van der Waals surface area contributed by atoms with Gasteiger partial charge in [0, 0.05) is 48.5 Å².